The number of nitrogens with one attached hydrogen (secondary N) is 2. The summed E-state index contributed by atoms with van der Waals surface area (Å²) in [4.78, 5) is 155. The molecule has 0 radical (unpaired) electrons. The number of carboxylic acid groups (broad SMARTS) is 3. The molecule has 130 heavy (non-hydrogen) atoms. The molecule has 8 rings (SSSR count). The van der Waals surface area contributed by atoms with Crippen molar-refractivity contribution in [2.45, 2.75) is 193 Å². The number of Topliss-reactive ketones (excluding diaryl/α,β-unsaturated/α-hetero) is 6. The Balaban J connectivity index is 0.000000556. The lowest BCUT2D eigenvalue weighted by molar-refractivity contribution is -0.210. The first kappa shape index (κ1) is 114. The molecule has 704 valence electrons. The fourth-order valence-corrected chi connectivity index (χ4v) is 12.5. The summed E-state index contributed by atoms with van der Waals surface area (Å²) in [5.74, 6) is -11.7. The van der Waals surface area contributed by atoms with Crippen molar-refractivity contribution >= 4 is 76.4 Å². The Hall–Kier alpha value is -12.3. The molecular formula is C101H130N4O25. The van der Waals surface area contributed by atoms with Gasteiger partial charge in [-0.1, -0.05) is 250 Å². The number of benzene rings is 8. The Kier molecular flexibility index (Phi) is 54.3. The molecule has 29 heteroatoms. The average molecular weight is 1800 g/mol. The molecule has 2 amide bonds. The van der Waals surface area contributed by atoms with E-state index >= 15 is 0 Å². The van der Waals surface area contributed by atoms with Gasteiger partial charge in [0.15, 0.2) is 40.8 Å². The SMILES string of the molecule is C.CC(C)(C)OC(=O)CCC(O)C(=O)O.COC(CCC(=O)[C@H](C)NC(=O)[C@@H](CC(=O)c1ccccc1)Cc1ccccc1)(OC)C(=O)CCc1ccccc1.COC(CN)(OC)C(=O)CCc1ccccc1.COC(CN)(OC)C(=O)CCc1ccccc1.C[C@H](NC(=O)[C@@H](CC(=O)c1ccccc1)Cc1ccccc1)C(=O)O.O=C(O)CCC(=O)OCc1ccccc1. The van der Waals surface area contributed by atoms with Crippen LogP contribution in [0.15, 0.2) is 243 Å². The van der Waals surface area contributed by atoms with Crippen molar-refractivity contribution in [3.8, 4) is 0 Å². The second kappa shape index (κ2) is 62.0. The Morgan fingerprint density at radius 3 is 0.977 bits per heavy atom. The minimum absolute atomic E-state index is 0. The monoisotopic (exact) mass is 1800 g/mol. The third kappa shape index (κ3) is 43.7. The summed E-state index contributed by atoms with van der Waals surface area (Å²) in [6.07, 6.45) is 1.52. The van der Waals surface area contributed by atoms with Gasteiger partial charge in [-0.05, 0) is 107 Å². The van der Waals surface area contributed by atoms with Crippen LogP contribution in [-0.4, -0.2) is 194 Å². The number of rotatable bonds is 48. The summed E-state index contributed by atoms with van der Waals surface area (Å²) >= 11 is 0. The van der Waals surface area contributed by atoms with Gasteiger partial charge in [-0.3, -0.25) is 57.5 Å². The highest BCUT2D eigenvalue weighted by Gasteiger charge is 2.40. The van der Waals surface area contributed by atoms with Gasteiger partial charge in [0.05, 0.1) is 32.0 Å². The number of nitrogens with two attached hydrogens (primary N) is 2. The van der Waals surface area contributed by atoms with Gasteiger partial charge < -0.3 is 80.4 Å². The van der Waals surface area contributed by atoms with Crippen molar-refractivity contribution in [1.82, 2.24) is 10.6 Å². The normalized spacial score (nSPS) is 12.0. The van der Waals surface area contributed by atoms with Crippen LogP contribution in [0.3, 0.4) is 0 Å². The molecule has 0 spiro atoms. The van der Waals surface area contributed by atoms with E-state index in [1.165, 1.54) is 49.6 Å². The van der Waals surface area contributed by atoms with Crippen LogP contribution in [0, 0.1) is 11.8 Å². The van der Waals surface area contributed by atoms with Crippen LogP contribution < -0.4 is 22.1 Å². The van der Waals surface area contributed by atoms with E-state index in [-0.39, 0.29) is 126 Å². The lowest BCUT2D eigenvalue weighted by Gasteiger charge is -2.29. The molecule has 0 saturated heterocycles. The fraction of sp³-hybridized carbons (Fsp3) is 0.396. The molecule has 5 atom stereocenters. The quantitative estimate of drug-likeness (QED) is 0.00997. The Morgan fingerprint density at radius 1 is 0.369 bits per heavy atom. The fourth-order valence-electron chi connectivity index (χ4n) is 12.5. The Bertz CT molecular complexity index is 4580. The summed E-state index contributed by atoms with van der Waals surface area (Å²) < 4.78 is 41.1. The van der Waals surface area contributed by atoms with E-state index < -0.39 is 88.7 Å². The predicted octanol–water partition coefficient (Wildman–Crippen LogP) is 12.9. The smallest absolute Gasteiger partial charge is 0.332 e. The Morgan fingerprint density at radius 2 is 0.677 bits per heavy atom. The number of ketones is 6. The standard InChI is InChI=1S/C34H39NO6.C20H21NO4.2C13H19NO3.C11H12O4.C9H16O5.CH4/c1-25(30(36)21-22-34(40-2,41-3)32(38)20-19-26-13-7-4-8-14-26)35-33(39)29(23-27-15-9-5-10-16-27)24-31(37)28-17-11-6-12-18-28;1-14(20(24)25)21-19(23)17(12-15-8-4-2-5-9-15)13-18(22)16-10-6-3-7-11-16;2*1-16-13(10-14,17-2)12(15)9-8-11-6-4-3-5-7-11;12-10(13)6-7-11(14)15-8-9-4-2-1-3-5-9;1-9(2,3)14-7(11)5-4-6(10)8(12)13;/h4-18,25,29H,19-24H2,1-3H3,(H,35,39);2-11,14,17H,12-13H2,1H3,(H,21,23)(H,24,25);2*3-7H,8-10,14H2,1-2H3;1-5H,6-8H2,(H,12,13);6,10H,4-5H2,1-3H3,(H,12,13);1H4/t25-,29+;14-,17+;;;;;/m00...../s1. The van der Waals surface area contributed by atoms with Crippen molar-refractivity contribution in [2.75, 3.05) is 55.7 Å². The zero-order valence-corrected chi connectivity index (χ0v) is 75.4. The molecule has 8 aromatic rings. The number of aliphatic hydroxyl groups excluding tert-OH is 1. The van der Waals surface area contributed by atoms with Crippen molar-refractivity contribution in [1.29, 1.82) is 0 Å². The maximum absolute atomic E-state index is 13.4. The summed E-state index contributed by atoms with van der Waals surface area (Å²) in [6, 6.07) is 73.1. The molecular weight excluding hydrogens is 1670 g/mol. The maximum atomic E-state index is 13.4. The van der Waals surface area contributed by atoms with E-state index in [0.29, 0.717) is 56.1 Å². The summed E-state index contributed by atoms with van der Waals surface area (Å²) in [5, 5.41) is 39.8. The van der Waals surface area contributed by atoms with E-state index in [9.17, 15) is 62.3 Å². The van der Waals surface area contributed by atoms with Crippen molar-refractivity contribution in [2.24, 2.45) is 23.3 Å². The maximum Gasteiger partial charge on any atom is 0.332 e. The summed E-state index contributed by atoms with van der Waals surface area (Å²) in [5.41, 5.74) is 17.5. The van der Waals surface area contributed by atoms with Gasteiger partial charge in [0.25, 0.3) is 0 Å². The van der Waals surface area contributed by atoms with Gasteiger partial charge in [-0.2, -0.15) is 0 Å². The number of carbonyl (C=O) groups is 13. The van der Waals surface area contributed by atoms with Crippen LogP contribution >= 0.6 is 0 Å². The molecule has 10 N–H and O–H groups in total. The highest BCUT2D eigenvalue weighted by Crippen LogP contribution is 2.26. The number of hydrogen-bond donors (Lipinski definition) is 8. The van der Waals surface area contributed by atoms with Crippen LogP contribution in [0.25, 0.3) is 0 Å². The van der Waals surface area contributed by atoms with Gasteiger partial charge in [0.2, 0.25) is 29.2 Å². The highest BCUT2D eigenvalue weighted by atomic mass is 16.7. The first-order valence-corrected chi connectivity index (χ1v) is 42.1. The second-order valence-electron chi connectivity index (χ2n) is 30.7. The van der Waals surface area contributed by atoms with E-state index in [1.807, 2.05) is 194 Å². The molecule has 0 saturated carbocycles. The first-order valence-electron chi connectivity index (χ1n) is 42.1. The molecule has 0 aliphatic carbocycles. The van der Waals surface area contributed by atoms with E-state index in [2.05, 4.69) is 10.6 Å². The number of carboxylic acids is 3. The number of aryl methyl sites for hydroxylation is 3. The van der Waals surface area contributed by atoms with Crippen LogP contribution in [0.1, 0.15) is 167 Å². The van der Waals surface area contributed by atoms with Crippen molar-refractivity contribution in [3.05, 3.63) is 287 Å². The average Bonchev–Trinajstić information content (AvgIpc) is 0.886. The summed E-state index contributed by atoms with van der Waals surface area (Å²) in [7, 11) is 8.48. The molecule has 0 aromatic heterocycles. The van der Waals surface area contributed by atoms with Crippen molar-refractivity contribution < 1.29 is 121 Å². The van der Waals surface area contributed by atoms with Gasteiger partial charge in [0.1, 0.15) is 18.2 Å². The number of ether oxygens (including phenoxy) is 8. The predicted molar refractivity (Wildman–Crippen MR) is 491 cm³/mol. The van der Waals surface area contributed by atoms with Gasteiger partial charge in [-0.15, -0.1) is 0 Å². The third-order valence-corrected chi connectivity index (χ3v) is 20.1. The molecule has 0 heterocycles. The van der Waals surface area contributed by atoms with E-state index in [1.54, 1.807) is 76.2 Å². The number of methoxy groups -OCH3 is 6. The van der Waals surface area contributed by atoms with E-state index in [0.717, 1.165) is 33.4 Å². The van der Waals surface area contributed by atoms with Crippen LogP contribution in [0.4, 0.5) is 0 Å². The number of aliphatic hydroxyl groups is 1. The summed E-state index contributed by atoms with van der Waals surface area (Å²) in [6.45, 7) is 8.41. The molecule has 1 unspecified atom stereocenters. The lowest BCUT2D eigenvalue weighted by atomic mass is 9.90. The molecule has 0 aliphatic heterocycles. The zero-order valence-electron chi connectivity index (χ0n) is 75.4. The van der Waals surface area contributed by atoms with E-state index in [4.69, 9.17) is 69.8 Å². The van der Waals surface area contributed by atoms with Gasteiger partial charge >= 0.3 is 29.8 Å². The largest absolute Gasteiger partial charge is 0.481 e. The molecule has 0 fully saturated rings. The number of amides is 2. The number of carbonyl (C=O) groups excluding carboxylic acids is 10. The number of esters is 2. The molecule has 29 nitrogen and oxygen atoms in total. The molecule has 0 bridgehead atoms. The third-order valence-electron chi connectivity index (χ3n) is 20.1. The minimum atomic E-state index is -1.55. The topological polar surface area (TPSA) is 453 Å². The minimum Gasteiger partial charge on any atom is -0.481 e. The molecule has 8 aromatic carbocycles. The van der Waals surface area contributed by atoms with Gasteiger partial charge in [-0.25, -0.2) is 4.79 Å². The highest BCUT2D eigenvalue weighted by molar-refractivity contribution is 6.00. The second-order valence-corrected chi connectivity index (χ2v) is 30.7. The Labute approximate surface area is 762 Å². The molecule has 0 aliphatic rings. The zero-order chi connectivity index (χ0) is 95.8. The lowest BCUT2D eigenvalue weighted by Crippen LogP contribution is -2.49. The van der Waals surface area contributed by atoms with Crippen molar-refractivity contribution in [3.63, 3.8) is 0 Å². The van der Waals surface area contributed by atoms with Crippen LogP contribution in [0.2, 0.25) is 0 Å². The number of hydrogen-bond acceptors (Lipinski definition) is 24. The van der Waals surface area contributed by atoms with Gasteiger partial charge in [0, 0.05) is 117 Å². The first-order chi connectivity index (χ1) is 61.5. The van der Waals surface area contributed by atoms with Crippen LogP contribution in [0.5, 0.6) is 0 Å². The van der Waals surface area contributed by atoms with Crippen LogP contribution in [-0.2, 0) is 129 Å². The number of aliphatic carboxylic acids is 3.